The molecule has 0 aliphatic carbocycles. The summed E-state index contributed by atoms with van der Waals surface area (Å²) in [6.45, 7) is 3.62. The maximum atomic E-state index is 12.7. The van der Waals surface area contributed by atoms with E-state index >= 15 is 0 Å². The second kappa shape index (κ2) is 5.11. The predicted octanol–water partition coefficient (Wildman–Crippen LogP) is 4.30. The summed E-state index contributed by atoms with van der Waals surface area (Å²) in [6, 6.07) is 4.65. The summed E-state index contributed by atoms with van der Waals surface area (Å²) in [5.41, 5.74) is -0.478. The molecule has 0 aliphatic rings. The van der Waals surface area contributed by atoms with Crippen molar-refractivity contribution in [2.24, 2.45) is 0 Å². The summed E-state index contributed by atoms with van der Waals surface area (Å²) in [7, 11) is 0. The molecule has 0 spiro atoms. The Kier molecular flexibility index (Phi) is 3.65. The lowest BCUT2D eigenvalue weighted by Gasteiger charge is -2.06. The first-order chi connectivity index (χ1) is 9.32. The van der Waals surface area contributed by atoms with Crippen molar-refractivity contribution >= 4 is 6.29 Å². The lowest BCUT2D eigenvalue weighted by atomic mass is 10.1. The van der Waals surface area contributed by atoms with Crippen LogP contribution in [-0.4, -0.2) is 11.3 Å². The molecule has 1 heterocycles. The zero-order valence-corrected chi connectivity index (χ0v) is 10.9. The molecule has 0 N–H and O–H groups in total. The van der Waals surface area contributed by atoms with Crippen molar-refractivity contribution in [3.63, 3.8) is 0 Å². The predicted molar refractivity (Wildman–Crippen MR) is 66.4 cm³/mol. The number of oxazole rings is 1. The molecule has 106 valence electrons. The second-order valence-corrected chi connectivity index (χ2v) is 4.62. The van der Waals surface area contributed by atoms with E-state index in [1.165, 1.54) is 12.1 Å². The van der Waals surface area contributed by atoms with Gasteiger partial charge in [0, 0.05) is 11.5 Å². The van der Waals surface area contributed by atoms with Crippen LogP contribution in [0.1, 0.15) is 41.6 Å². The second-order valence-electron chi connectivity index (χ2n) is 4.62. The number of aldehydes is 1. The zero-order valence-electron chi connectivity index (χ0n) is 10.9. The largest absolute Gasteiger partial charge is 0.440 e. The van der Waals surface area contributed by atoms with Gasteiger partial charge in [-0.15, -0.1) is 0 Å². The van der Waals surface area contributed by atoms with Crippen LogP contribution in [0.4, 0.5) is 13.2 Å². The first-order valence-electron chi connectivity index (χ1n) is 5.96. The number of aromatic nitrogens is 1. The van der Waals surface area contributed by atoms with Gasteiger partial charge in [-0.3, -0.25) is 4.79 Å². The van der Waals surface area contributed by atoms with Crippen LogP contribution in [0.25, 0.3) is 11.5 Å². The van der Waals surface area contributed by atoms with Crippen LogP contribution < -0.4 is 0 Å². The van der Waals surface area contributed by atoms with E-state index in [2.05, 4.69) is 4.98 Å². The number of hydrogen-bond acceptors (Lipinski definition) is 3. The Labute approximate surface area is 113 Å². The normalized spacial score (nSPS) is 11.9. The van der Waals surface area contributed by atoms with Crippen molar-refractivity contribution in [2.45, 2.75) is 25.9 Å². The summed E-state index contributed by atoms with van der Waals surface area (Å²) in [6.07, 6.45) is -3.90. The van der Waals surface area contributed by atoms with Gasteiger partial charge < -0.3 is 4.42 Å². The van der Waals surface area contributed by atoms with Gasteiger partial charge in [0.2, 0.25) is 5.89 Å². The van der Waals surface area contributed by atoms with Gasteiger partial charge in [0.1, 0.15) is 11.5 Å². The van der Waals surface area contributed by atoms with Crippen LogP contribution in [0, 0.1) is 0 Å². The molecule has 0 saturated heterocycles. The lowest BCUT2D eigenvalue weighted by molar-refractivity contribution is -0.137. The van der Waals surface area contributed by atoms with E-state index in [1.54, 1.807) is 0 Å². The monoisotopic (exact) mass is 283 g/mol. The molecule has 2 aromatic rings. The van der Waals surface area contributed by atoms with Crippen LogP contribution in [0.3, 0.4) is 0 Å². The molecule has 2 rings (SSSR count). The van der Waals surface area contributed by atoms with Gasteiger partial charge in [-0.2, -0.15) is 13.2 Å². The van der Waals surface area contributed by atoms with Gasteiger partial charge in [-0.05, 0) is 18.2 Å². The minimum Gasteiger partial charge on any atom is -0.440 e. The molecule has 0 fully saturated rings. The van der Waals surface area contributed by atoms with E-state index in [1.807, 2.05) is 13.8 Å². The van der Waals surface area contributed by atoms with Crippen molar-refractivity contribution in [1.82, 2.24) is 4.98 Å². The number of alkyl halides is 3. The lowest BCUT2D eigenvalue weighted by Crippen LogP contribution is -2.04. The summed E-state index contributed by atoms with van der Waals surface area (Å²) in [5.74, 6) is 0.302. The van der Waals surface area contributed by atoms with Crippen LogP contribution in [0.2, 0.25) is 0 Å². The minimum absolute atomic E-state index is 0.0156. The molecular formula is C14H12F3NO2. The number of hydrogen-bond donors (Lipinski definition) is 0. The first-order valence-corrected chi connectivity index (χ1v) is 5.96. The third-order valence-electron chi connectivity index (χ3n) is 2.75. The van der Waals surface area contributed by atoms with E-state index < -0.39 is 11.7 Å². The highest BCUT2D eigenvalue weighted by atomic mass is 19.4. The molecule has 0 bridgehead atoms. The summed E-state index contributed by atoms with van der Waals surface area (Å²) < 4.78 is 43.4. The maximum Gasteiger partial charge on any atom is 0.416 e. The van der Waals surface area contributed by atoms with Gasteiger partial charge >= 0.3 is 6.18 Å². The molecule has 0 aliphatic heterocycles. The van der Waals surface area contributed by atoms with Crippen molar-refractivity contribution in [3.8, 4) is 11.5 Å². The van der Waals surface area contributed by atoms with Crippen LogP contribution in [0.15, 0.2) is 28.7 Å². The Morgan fingerprint density at radius 3 is 2.50 bits per heavy atom. The number of carbonyl (C=O) groups is 1. The van der Waals surface area contributed by atoms with E-state index in [4.69, 9.17) is 4.42 Å². The molecule has 0 atom stereocenters. The van der Waals surface area contributed by atoms with E-state index in [-0.39, 0.29) is 23.1 Å². The number of rotatable bonds is 3. The highest BCUT2D eigenvalue weighted by Gasteiger charge is 2.31. The Bertz CT molecular complexity index is 630. The van der Waals surface area contributed by atoms with E-state index in [9.17, 15) is 18.0 Å². The number of benzene rings is 1. The SMILES string of the molecule is CC(C)c1oc(-c2cccc(C(F)(F)F)c2)nc1C=O. The number of nitrogens with zero attached hydrogens (tertiary/aromatic N) is 1. The number of carbonyl (C=O) groups excluding carboxylic acids is 1. The Morgan fingerprint density at radius 2 is 2.00 bits per heavy atom. The zero-order chi connectivity index (χ0) is 14.9. The maximum absolute atomic E-state index is 12.7. The fraction of sp³-hybridized carbons (Fsp3) is 0.286. The third kappa shape index (κ3) is 2.74. The molecular weight excluding hydrogens is 271 g/mol. The van der Waals surface area contributed by atoms with Crippen molar-refractivity contribution in [3.05, 3.63) is 41.3 Å². The standard InChI is InChI=1S/C14H12F3NO2/c1-8(2)12-11(7-19)18-13(20-12)9-4-3-5-10(6-9)14(15,16)17/h3-8H,1-2H3. The van der Waals surface area contributed by atoms with Crippen molar-refractivity contribution in [2.75, 3.05) is 0 Å². The molecule has 0 radical (unpaired) electrons. The summed E-state index contributed by atoms with van der Waals surface area (Å²) in [4.78, 5) is 14.8. The van der Waals surface area contributed by atoms with Gasteiger partial charge in [0.05, 0.1) is 5.56 Å². The summed E-state index contributed by atoms with van der Waals surface area (Å²) in [5, 5.41) is 0. The highest BCUT2D eigenvalue weighted by Crippen LogP contribution is 2.33. The topological polar surface area (TPSA) is 43.1 Å². The first kappa shape index (κ1) is 14.3. The quantitative estimate of drug-likeness (QED) is 0.789. The molecule has 20 heavy (non-hydrogen) atoms. The Balaban J connectivity index is 2.49. The smallest absolute Gasteiger partial charge is 0.416 e. The van der Waals surface area contributed by atoms with Gasteiger partial charge in [0.15, 0.2) is 6.29 Å². The fourth-order valence-corrected chi connectivity index (χ4v) is 1.79. The minimum atomic E-state index is -4.43. The van der Waals surface area contributed by atoms with Crippen molar-refractivity contribution in [1.29, 1.82) is 0 Å². The Hall–Kier alpha value is -2.11. The Morgan fingerprint density at radius 1 is 1.30 bits per heavy atom. The van der Waals surface area contributed by atoms with Gasteiger partial charge in [-0.25, -0.2) is 4.98 Å². The van der Waals surface area contributed by atoms with Gasteiger partial charge in [-0.1, -0.05) is 19.9 Å². The average Bonchev–Trinajstić information content (AvgIpc) is 2.82. The third-order valence-corrected chi connectivity index (χ3v) is 2.75. The molecule has 1 aromatic heterocycles. The molecule has 0 amide bonds. The molecule has 3 nitrogen and oxygen atoms in total. The average molecular weight is 283 g/mol. The van der Waals surface area contributed by atoms with Crippen LogP contribution in [0.5, 0.6) is 0 Å². The number of halogens is 3. The molecule has 0 unspecified atom stereocenters. The fourth-order valence-electron chi connectivity index (χ4n) is 1.79. The molecule has 1 aromatic carbocycles. The van der Waals surface area contributed by atoms with Gasteiger partial charge in [0.25, 0.3) is 0 Å². The van der Waals surface area contributed by atoms with Crippen LogP contribution in [-0.2, 0) is 6.18 Å². The molecule has 0 saturated carbocycles. The van der Waals surface area contributed by atoms with E-state index in [0.29, 0.717) is 12.0 Å². The van der Waals surface area contributed by atoms with Crippen LogP contribution >= 0.6 is 0 Å². The van der Waals surface area contributed by atoms with E-state index in [0.717, 1.165) is 12.1 Å². The highest BCUT2D eigenvalue weighted by molar-refractivity contribution is 5.75. The molecule has 6 heteroatoms. The van der Waals surface area contributed by atoms with Crippen molar-refractivity contribution < 1.29 is 22.4 Å². The summed E-state index contributed by atoms with van der Waals surface area (Å²) >= 11 is 0.